The molecule has 0 saturated heterocycles. The van der Waals surface area contributed by atoms with Crippen molar-refractivity contribution in [2.75, 3.05) is 19.5 Å². The minimum absolute atomic E-state index is 0.334. The first-order valence-corrected chi connectivity index (χ1v) is 10.7. The van der Waals surface area contributed by atoms with Crippen molar-refractivity contribution in [2.45, 2.75) is 0 Å². The highest BCUT2D eigenvalue weighted by Crippen LogP contribution is 2.30. The van der Waals surface area contributed by atoms with E-state index in [1.165, 1.54) is 18.0 Å². The molecule has 0 aliphatic carbocycles. The van der Waals surface area contributed by atoms with Crippen LogP contribution in [0.25, 0.3) is 16.7 Å². The largest absolute Gasteiger partial charge is 0.495 e. The van der Waals surface area contributed by atoms with Crippen LogP contribution in [-0.4, -0.2) is 40.2 Å². The number of fused-ring (bicyclic) bond motifs is 1. The predicted octanol–water partition coefficient (Wildman–Crippen LogP) is 4.77. The van der Waals surface area contributed by atoms with Crippen molar-refractivity contribution in [1.82, 2.24) is 20.3 Å². The summed E-state index contributed by atoms with van der Waals surface area (Å²) in [5.74, 6) is -9.88. The number of hydrogen-bond donors (Lipinski definition) is 2. The van der Waals surface area contributed by atoms with Crippen molar-refractivity contribution in [2.24, 2.45) is 0 Å². The Balaban J connectivity index is 1.53. The fraction of sp³-hybridized carbons (Fsp3) is 0.0909. The molecule has 4 rings (SSSR count). The van der Waals surface area contributed by atoms with Gasteiger partial charge in [0.15, 0.2) is 22.5 Å². The molecular formula is C22H14ClF4N5O3S. The zero-order valence-electron chi connectivity index (χ0n) is 18.3. The summed E-state index contributed by atoms with van der Waals surface area (Å²) in [7, 11) is 2.31. The summed E-state index contributed by atoms with van der Waals surface area (Å²) in [4.78, 5) is 13.6. The van der Waals surface area contributed by atoms with Crippen LogP contribution in [0.3, 0.4) is 0 Å². The van der Waals surface area contributed by atoms with E-state index in [0.29, 0.717) is 33.2 Å². The van der Waals surface area contributed by atoms with Crippen LogP contribution >= 0.6 is 23.8 Å². The number of amides is 1. The number of nitrogens with zero attached hydrogens (tertiary/aromatic N) is 3. The van der Waals surface area contributed by atoms with Gasteiger partial charge in [-0.15, -0.1) is 10.2 Å². The highest BCUT2D eigenvalue weighted by Gasteiger charge is 2.30. The molecule has 0 bridgehead atoms. The van der Waals surface area contributed by atoms with Gasteiger partial charge in [-0.3, -0.25) is 10.1 Å². The van der Waals surface area contributed by atoms with E-state index in [4.69, 9.17) is 28.6 Å². The smallest absolute Gasteiger partial charge is 0.263 e. The van der Waals surface area contributed by atoms with Crippen molar-refractivity contribution in [3.63, 3.8) is 0 Å². The molecule has 4 aromatic rings. The van der Waals surface area contributed by atoms with E-state index < -0.39 is 45.6 Å². The van der Waals surface area contributed by atoms with E-state index >= 15 is 0 Å². The number of benzene rings is 3. The maximum absolute atomic E-state index is 14.2. The number of methoxy groups -OCH3 is 2. The van der Waals surface area contributed by atoms with Crippen LogP contribution in [0.5, 0.6) is 11.5 Å². The molecule has 0 atom stereocenters. The van der Waals surface area contributed by atoms with E-state index in [9.17, 15) is 22.4 Å². The summed E-state index contributed by atoms with van der Waals surface area (Å²) in [5, 5.41) is 13.3. The van der Waals surface area contributed by atoms with Gasteiger partial charge in [0.25, 0.3) is 5.91 Å². The SMILES string of the molecule is COc1ccc(-n2nc3ccc(NC(=S)NC(=O)c4c(F)c(F)c(OC)c(F)c4F)cc3n2)cc1Cl. The van der Waals surface area contributed by atoms with Crippen LogP contribution in [-0.2, 0) is 0 Å². The molecule has 0 aliphatic heterocycles. The van der Waals surface area contributed by atoms with Crippen LogP contribution in [0, 0.1) is 23.3 Å². The van der Waals surface area contributed by atoms with Crippen molar-refractivity contribution in [3.05, 3.63) is 70.3 Å². The fourth-order valence-electron chi connectivity index (χ4n) is 3.21. The number of halogens is 5. The lowest BCUT2D eigenvalue weighted by molar-refractivity contribution is 0.0966. The number of ether oxygens (including phenoxy) is 2. The van der Waals surface area contributed by atoms with Gasteiger partial charge in [-0.1, -0.05) is 11.6 Å². The maximum Gasteiger partial charge on any atom is 0.263 e. The Morgan fingerprint density at radius 3 is 2.22 bits per heavy atom. The van der Waals surface area contributed by atoms with Gasteiger partial charge in [0.05, 0.1) is 24.9 Å². The molecule has 0 spiro atoms. The maximum atomic E-state index is 14.2. The molecule has 8 nitrogen and oxygen atoms in total. The number of thiocarbonyl (C=S) groups is 1. The summed E-state index contributed by atoms with van der Waals surface area (Å²) >= 11 is 11.1. The first-order valence-electron chi connectivity index (χ1n) is 9.87. The molecule has 0 aliphatic rings. The summed E-state index contributed by atoms with van der Waals surface area (Å²) in [6, 6.07) is 9.67. The number of hydrogen-bond acceptors (Lipinski definition) is 6. The summed E-state index contributed by atoms with van der Waals surface area (Å²) < 4.78 is 65.6. The average Bonchev–Trinajstić information content (AvgIpc) is 3.26. The monoisotopic (exact) mass is 539 g/mol. The molecule has 14 heteroatoms. The lowest BCUT2D eigenvalue weighted by Crippen LogP contribution is -2.35. The number of aromatic nitrogens is 3. The molecule has 0 radical (unpaired) electrons. The average molecular weight is 540 g/mol. The predicted molar refractivity (Wildman–Crippen MR) is 127 cm³/mol. The van der Waals surface area contributed by atoms with Gasteiger partial charge >= 0.3 is 0 Å². The van der Waals surface area contributed by atoms with Gasteiger partial charge in [0, 0.05) is 5.69 Å². The van der Waals surface area contributed by atoms with Gasteiger partial charge in [-0.2, -0.15) is 13.6 Å². The second-order valence-corrected chi connectivity index (χ2v) is 7.90. The number of carbonyl (C=O) groups is 1. The van der Waals surface area contributed by atoms with E-state index in [1.54, 1.807) is 30.3 Å². The van der Waals surface area contributed by atoms with Crippen LogP contribution in [0.1, 0.15) is 10.4 Å². The number of nitrogens with one attached hydrogen (secondary N) is 2. The topological polar surface area (TPSA) is 90.3 Å². The third-order valence-corrected chi connectivity index (χ3v) is 5.39. The molecule has 186 valence electrons. The van der Waals surface area contributed by atoms with E-state index in [0.717, 1.165) is 7.11 Å². The minimum atomic E-state index is -1.93. The Morgan fingerprint density at radius 2 is 1.61 bits per heavy atom. The third-order valence-electron chi connectivity index (χ3n) is 4.89. The van der Waals surface area contributed by atoms with Crippen molar-refractivity contribution in [1.29, 1.82) is 0 Å². The Morgan fingerprint density at radius 1 is 0.944 bits per heavy atom. The first-order chi connectivity index (χ1) is 17.1. The van der Waals surface area contributed by atoms with Crippen molar-refractivity contribution >= 4 is 51.6 Å². The van der Waals surface area contributed by atoms with Crippen LogP contribution < -0.4 is 20.1 Å². The second kappa shape index (κ2) is 9.95. The van der Waals surface area contributed by atoms with E-state index in [2.05, 4.69) is 20.3 Å². The van der Waals surface area contributed by atoms with Crippen LogP contribution in [0.15, 0.2) is 36.4 Å². The quantitative estimate of drug-likeness (QED) is 0.214. The summed E-state index contributed by atoms with van der Waals surface area (Å²) in [6.07, 6.45) is 0. The summed E-state index contributed by atoms with van der Waals surface area (Å²) in [5.41, 5.74) is 0.345. The lowest BCUT2D eigenvalue weighted by atomic mass is 10.1. The fourth-order valence-corrected chi connectivity index (χ4v) is 3.67. The molecule has 3 aromatic carbocycles. The van der Waals surface area contributed by atoms with Gasteiger partial charge in [0.2, 0.25) is 11.6 Å². The van der Waals surface area contributed by atoms with E-state index in [1.807, 2.05) is 5.32 Å². The number of anilines is 1. The molecule has 1 heterocycles. The normalized spacial score (nSPS) is 10.9. The van der Waals surface area contributed by atoms with Gasteiger partial charge < -0.3 is 14.8 Å². The standard InChI is InChI=1S/C22H14ClF4N5O3S/c1-34-14-6-4-10(8-11(14)23)32-30-12-5-3-9(7-13(12)31-32)28-22(36)29-21(33)15-16(24)18(26)20(35-2)19(27)17(15)25/h3-8H,1-2H3,(H2,28,29,33,36). The van der Waals surface area contributed by atoms with Gasteiger partial charge in [0.1, 0.15) is 22.3 Å². The van der Waals surface area contributed by atoms with Gasteiger partial charge in [-0.25, -0.2) is 8.78 Å². The molecular weight excluding hydrogens is 526 g/mol. The molecule has 0 unspecified atom stereocenters. The Labute approximate surface area is 210 Å². The molecule has 0 fully saturated rings. The molecule has 1 aromatic heterocycles. The molecule has 36 heavy (non-hydrogen) atoms. The van der Waals surface area contributed by atoms with Gasteiger partial charge in [-0.05, 0) is 48.6 Å². The second-order valence-electron chi connectivity index (χ2n) is 7.08. The molecule has 0 saturated carbocycles. The van der Waals surface area contributed by atoms with Crippen molar-refractivity contribution < 1.29 is 31.8 Å². The number of rotatable bonds is 5. The van der Waals surface area contributed by atoms with Crippen molar-refractivity contribution in [3.8, 4) is 17.2 Å². The zero-order chi connectivity index (χ0) is 26.1. The highest BCUT2D eigenvalue weighted by molar-refractivity contribution is 7.80. The first kappa shape index (κ1) is 25.1. The van der Waals surface area contributed by atoms with Crippen LogP contribution in [0.4, 0.5) is 23.2 Å². The Hall–Kier alpha value is -3.97. The molecule has 2 N–H and O–H groups in total. The Bertz CT molecular complexity index is 1500. The highest BCUT2D eigenvalue weighted by atomic mass is 35.5. The Kier molecular flexibility index (Phi) is 6.95. The summed E-state index contributed by atoms with van der Waals surface area (Å²) in [6.45, 7) is 0. The zero-order valence-corrected chi connectivity index (χ0v) is 19.9. The third kappa shape index (κ3) is 4.62. The van der Waals surface area contributed by atoms with Crippen LogP contribution in [0.2, 0.25) is 5.02 Å². The molecule has 1 amide bonds. The lowest BCUT2D eigenvalue weighted by Gasteiger charge is -2.12. The number of carbonyl (C=O) groups excluding carboxylic acids is 1. The minimum Gasteiger partial charge on any atom is -0.495 e. The van der Waals surface area contributed by atoms with E-state index in [-0.39, 0.29) is 0 Å².